The van der Waals surface area contributed by atoms with E-state index in [0.29, 0.717) is 33.5 Å². The molecule has 9 N–H and O–H groups in total. The van der Waals surface area contributed by atoms with Crippen LogP contribution in [-0.2, 0) is 59.2 Å². The summed E-state index contributed by atoms with van der Waals surface area (Å²) in [6.07, 6.45) is -3.53. The predicted molar refractivity (Wildman–Crippen MR) is 206 cm³/mol. The van der Waals surface area contributed by atoms with Crippen molar-refractivity contribution < 1.29 is 69.3 Å². The van der Waals surface area contributed by atoms with Crippen LogP contribution in [0.5, 0.6) is 0 Å². The first kappa shape index (κ1) is 42.0. The summed E-state index contributed by atoms with van der Waals surface area (Å²) in [7, 11) is 0. The van der Waals surface area contributed by atoms with Crippen LogP contribution in [-0.4, -0.2) is 97.5 Å². The lowest BCUT2D eigenvalue weighted by Gasteiger charge is -2.06. The Morgan fingerprint density at radius 2 is 0.741 bits per heavy atom. The van der Waals surface area contributed by atoms with Gasteiger partial charge in [-0.1, -0.05) is 0 Å². The van der Waals surface area contributed by atoms with Gasteiger partial charge < -0.3 is 45.7 Å². The van der Waals surface area contributed by atoms with E-state index in [0.717, 1.165) is 0 Å². The van der Waals surface area contributed by atoms with Crippen molar-refractivity contribution in [3.63, 3.8) is 0 Å². The van der Waals surface area contributed by atoms with Gasteiger partial charge in [0.1, 0.15) is 0 Å². The molecule has 0 unspecified atom stereocenters. The lowest BCUT2D eigenvalue weighted by molar-refractivity contribution is -0.138. The van der Waals surface area contributed by atoms with Crippen LogP contribution in [0.15, 0.2) is 24.3 Å². The second-order valence-electron chi connectivity index (χ2n) is 13.8. The maximum atomic E-state index is 12.3. The van der Waals surface area contributed by atoms with Gasteiger partial charge in [-0.2, -0.15) is 0 Å². The molecule has 0 fully saturated rings. The monoisotopic (exact) mass is 800 g/mol. The molecule has 0 saturated heterocycles. The van der Waals surface area contributed by atoms with Gasteiger partial charge in [0.2, 0.25) is 0 Å². The largest absolute Gasteiger partial charge is 0.481 e. The van der Waals surface area contributed by atoms with Crippen LogP contribution in [0.2, 0.25) is 0 Å². The predicted octanol–water partition coefficient (Wildman–Crippen LogP) is 5.04. The van der Waals surface area contributed by atoms with Gasteiger partial charge in [0.15, 0.2) is 0 Å². The standard InChI is InChI=1S/C40H40N4O14/c1-18-19(2-7-34(45)46)27-15-32-24(12-39(55)56)23(6-11-38(53)54)31(44-32)17-33-25(13-40(57)58)22(5-10-37(51)52)30(43-33)16-29-21(4-9-36(49)50)20(3-8-35(47)48)28(42-29)14-26(18)41-27/h14-17,42,44H,2-13H2,1H3,(H,45,46)(H,47,48)(H,49,50)(H,51,52)(H,53,54)(H,55,56)(H,57,58). The van der Waals surface area contributed by atoms with Gasteiger partial charge in [-0.15, -0.1) is 0 Å². The number of aryl methyl sites for hydroxylation is 3. The molecule has 2 aliphatic rings. The molecule has 0 aliphatic carbocycles. The van der Waals surface area contributed by atoms with Gasteiger partial charge in [-0.3, -0.25) is 33.6 Å². The number of carboxylic acids is 7. The van der Waals surface area contributed by atoms with E-state index < -0.39 is 67.5 Å². The third-order valence-corrected chi connectivity index (χ3v) is 9.90. The minimum atomic E-state index is -1.29. The molecule has 18 nitrogen and oxygen atoms in total. The molecule has 5 rings (SSSR count). The van der Waals surface area contributed by atoms with Crippen LogP contribution in [0.4, 0.5) is 0 Å². The molecule has 0 saturated carbocycles. The fourth-order valence-electron chi connectivity index (χ4n) is 7.29. The fraction of sp³-hybridized carbons (Fsp3) is 0.325. The summed E-state index contributed by atoms with van der Waals surface area (Å²) in [6, 6.07) is 6.07. The molecule has 0 aromatic carbocycles. The van der Waals surface area contributed by atoms with Crippen LogP contribution in [0.1, 0.15) is 103 Å². The molecule has 0 amide bonds. The van der Waals surface area contributed by atoms with Crippen molar-refractivity contribution in [2.75, 3.05) is 0 Å². The van der Waals surface area contributed by atoms with Crippen molar-refractivity contribution in [1.82, 2.24) is 19.9 Å². The summed E-state index contributed by atoms with van der Waals surface area (Å²) >= 11 is 0. The second-order valence-corrected chi connectivity index (χ2v) is 13.8. The molecule has 3 aromatic rings. The van der Waals surface area contributed by atoms with E-state index in [1.807, 2.05) is 0 Å². The third kappa shape index (κ3) is 10.00. The Bertz CT molecular complexity index is 2490. The highest BCUT2D eigenvalue weighted by Gasteiger charge is 2.26. The minimum Gasteiger partial charge on any atom is -0.481 e. The van der Waals surface area contributed by atoms with Crippen LogP contribution in [0, 0.1) is 0 Å². The average molecular weight is 801 g/mol. The van der Waals surface area contributed by atoms with Crippen molar-refractivity contribution in [3.05, 3.63) is 69.3 Å². The molecule has 0 radical (unpaired) electrons. The minimum absolute atomic E-state index is 0.00470. The SMILES string of the molecule is CC1=C(CCC(=O)O)c2cc3[nH]c(cc4nc(cc5[nH]c(cc1n2)c(CCC(=O)O)c5CCC(=O)O)C(CCC(=O)O)=C4CC(=O)O)c(CCC(=O)O)c3CC(=O)O. The van der Waals surface area contributed by atoms with Crippen molar-refractivity contribution in [2.24, 2.45) is 0 Å². The Morgan fingerprint density at radius 3 is 1.17 bits per heavy atom. The number of hydrogen-bond acceptors (Lipinski definition) is 9. The lowest BCUT2D eigenvalue weighted by atomic mass is 9.96. The molecule has 58 heavy (non-hydrogen) atoms. The molecule has 0 atom stereocenters. The zero-order valence-electron chi connectivity index (χ0n) is 31.2. The van der Waals surface area contributed by atoms with E-state index >= 15 is 0 Å². The van der Waals surface area contributed by atoms with Gasteiger partial charge in [0.05, 0.1) is 35.6 Å². The van der Waals surface area contributed by atoms with Gasteiger partial charge in [-0.05, 0) is 108 Å². The zero-order chi connectivity index (χ0) is 42.4. The quantitative estimate of drug-likeness (QED) is 0.0767. The van der Waals surface area contributed by atoms with Gasteiger partial charge in [0, 0.05) is 54.2 Å². The highest BCUT2D eigenvalue weighted by molar-refractivity contribution is 6.00. The maximum Gasteiger partial charge on any atom is 0.307 e. The molecule has 8 bridgehead atoms. The molecule has 0 spiro atoms. The Balaban J connectivity index is 2.04. The molecular weight excluding hydrogens is 760 g/mol. The smallest absolute Gasteiger partial charge is 0.307 e. The van der Waals surface area contributed by atoms with E-state index in [-0.39, 0.29) is 107 Å². The number of aromatic amines is 2. The number of carboxylic acid groups (broad SMARTS) is 7. The van der Waals surface area contributed by atoms with Crippen molar-refractivity contribution in [2.45, 2.75) is 84.0 Å². The molecular formula is C40H40N4O14. The van der Waals surface area contributed by atoms with Crippen molar-refractivity contribution >= 4 is 86.1 Å². The number of hydrogen-bond donors (Lipinski definition) is 9. The lowest BCUT2D eigenvalue weighted by Crippen LogP contribution is -2.04. The van der Waals surface area contributed by atoms with E-state index in [9.17, 15) is 69.3 Å². The summed E-state index contributed by atoms with van der Waals surface area (Å²) in [5.74, 6) is -8.28. The number of H-pyrrole nitrogens is 2. The maximum absolute atomic E-state index is 12.3. The molecule has 18 heteroatoms. The number of nitrogens with one attached hydrogen (secondary N) is 2. The van der Waals surface area contributed by atoms with Crippen LogP contribution in [0.3, 0.4) is 0 Å². The van der Waals surface area contributed by atoms with E-state index in [1.165, 1.54) is 18.2 Å². The van der Waals surface area contributed by atoms with E-state index in [2.05, 4.69) is 9.97 Å². The third-order valence-electron chi connectivity index (χ3n) is 9.90. The van der Waals surface area contributed by atoms with E-state index in [1.54, 1.807) is 13.0 Å². The molecule has 2 aliphatic heterocycles. The second kappa shape index (κ2) is 17.8. The summed E-state index contributed by atoms with van der Waals surface area (Å²) < 4.78 is 0. The number of aromatic nitrogens is 4. The average Bonchev–Trinajstić information content (AvgIpc) is 3.80. The Kier molecular flexibility index (Phi) is 12.9. The van der Waals surface area contributed by atoms with Gasteiger partial charge in [-0.25, -0.2) is 9.97 Å². The van der Waals surface area contributed by atoms with Crippen LogP contribution < -0.4 is 0 Å². The fourth-order valence-corrected chi connectivity index (χ4v) is 7.29. The molecule has 5 heterocycles. The zero-order valence-corrected chi connectivity index (χ0v) is 31.2. The number of nitrogens with zero attached hydrogens (tertiary/aromatic N) is 2. The summed E-state index contributed by atoms with van der Waals surface area (Å²) in [5, 5.41) is 68.2. The van der Waals surface area contributed by atoms with Crippen LogP contribution in [0.25, 0.3) is 44.4 Å². The highest BCUT2D eigenvalue weighted by Crippen LogP contribution is 2.39. The number of aliphatic carboxylic acids is 7. The van der Waals surface area contributed by atoms with Crippen LogP contribution >= 0.6 is 0 Å². The Labute approximate surface area is 328 Å². The number of fused-ring (bicyclic) bond motifs is 8. The van der Waals surface area contributed by atoms with Gasteiger partial charge >= 0.3 is 41.8 Å². The topological polar surface area (TPSA) is 318 Å². The normalized spacial score (nSPS) is 12.5. The number of rotatable bonds is 19. The molecule has 3 aromatic heterocycles. The summed E-state index contributed by atoms with van der Waals surface area (Å²) in [6.45, 7) is 1.71. The first-order chi connectivity index (χ1) is 27.4. The van der Waals surface area contributed by atoms with E-state index in [4.69, 9.17) is 9.97 Å². The number of allylic oxidation sites excluding steroid dienone is 3. The Hall–Kier alpha value is -7.11. The highest BCUT2D eigenvalue weighted by atomic mass is 16.4. The summed E-state index contributed by atoms with van der Waals surface area (Å²) in [4.78, 5) is 99.6. The van der Waals surface area contributed by atoms with Crippen molar-refractivity contribution in [3.8, 4) is 0 Å². The van der Waals surface area contributed by atoms with Crippen molar-refractivity contribution in [1.29, 1.82) is 0 Å². The summed E-state index contributed by atoms with van der Waals surface area (Å²) in [5.41, 5.74) is 4.53. The first-order valence-electron chi connectivity index (χ1n) is 18.1. The number of carbonyl (C=O) groups is 7. The molecule has 304 valence electrons. The Morgan fingerprint density at radius 1 is 0.414 bits per heavy atom. The van der Waals surface area contributed by atoms with Gasteiger partial charge in [0.25, 0.3) is 0 Å². The first-order valence-corrected chi connectivity index (χ1v) is 18.1.